The third-order valence-corrected chi connectivity index (χ3v) is 3.59. The van der Waals surface area contributed by atoms with E-state index in [1.54, 1.807) is 0 Å². The summed E-state index contributed by atoms with van der Waals surface area (Å²) in [6.07, 6.45) is 4.53. The minimum atomic E-state index is -0.154. The normalized spacial score (nSPS) is 20.4. The molecule has 0 amide bonds. The first-order chi connectivity index (χ1) is 9.25. The number of esters is 1. The van der Waals surface area contributed by atoms with Gasteiger partial charge in [-0.25, -0.2) is 0 Å². The van der Waals surface area contributed by atoms with Crippen molar-refractivity contribution in [3.8, 4) is 0 Å². The van der Waals surface area contributed by atoms with Crippen LogP contribution in [-0.2, 0) is 20.9 Å². The molecule has 0 radical (unpaired) electrons. The first kappa shape index (κ1) is 13.8. The van der Waals surface area contributed by atoms with Crippen molar-refractivity contribution in [2.45, 2.75) is 45.1 Å². The van der Waals surface area contributed by atoms with Gasteiger partial charge in [0.1, 0.15) is 12.4 Å². The molecule has 0 aliphatic heterocycles. The smallest absolute Gasteiger partial charge is 0.309 e. The quantitative estimate of drug-likeness (QED) is 0.783. The predicted molar refractivity (Wildman–Crippen MR) is 72.4 cm³/mol. The number of ketones is 1. The third kappa shape index (κ3) is 4.51. The number of ether oxygens (including phenoxy) is 1. The summed E-state index contributed by atoms with van der Waals surface area (Å²) in [5.41, 5.74) is 0.998. The van der Waals surface area contributed by atoms with E-state index in [2.05, 4.69) is 0 Å². The van der Waals surface area contributed by atoms with Crippen LogP contribution in [0.3, 0.4) is 0 Å². The lowest BCUT2D eigenvalue weighted by molar-refractivity contribution is -0.150. The number of benzene rings is 1. The molecule has 3 nitrogen and oxygen atoms in total. The number of Topliss-reactive ketones (excluding diaryl/α,β-unsaturated/α-hetero) is 1. The molecule has 1 saturated carbocycles. The Bertz CT molecular complexity index is 425. The van der Waals surface area contributed by atoms with Crippen LogP contribution in [0.25, 0.3) is 0 Å². The summed E-state index contributed by atoms with van der Waals surface area (Å²) in [5, 5.41) is 0. The summed E-state index contributed by atoms with van der Waals surface area (Å²) in [6.45, 7) is 0.324. The lowest BCUT2D eigenvalue weighted by atomic mass is 9.91. The van der Waals surface area contributed by atoms with Crippen LogP contribution < -0.4 is 0 Å². The van der Waals surface area contributed by atoms with Gasteiger partial charge in [-0.15, -0.1) is 0 Å². The highest BCUT2D eigenvalue weighted by atomic mass is 16.5. The molecule has 1 aliphatic carbocycles. The minimum Gasteiger partial charge on any atom is -0.461 e. The summed E-state index contributed by atoms with van der Waals surface area (Å²) in [5.74, 6) is 0.0204. The maximum Gasteiger partial charge on any atom is 0.309 e. The van der Waals surface area contributed by atoms with Gasteiger partial charge in [-0.1, -0.05) is 36.8 Å². The summed E-state index contributed by atoms with van der Waals surface area (Å²) in [7, 11) is 0. The van der Waals surface area contributed by atoms with E-state index in [-0.39, 0.29) is 17.7 Å². The number of carbonyl (C=O) groups excluding carboxylic acids is 2. The second-order valence-electron chi connectivity index (χ2n) is 5.11. The molecule has 19 heavy (non-hydrogen) atoms. The van der Waals surface area contributed by atoms with E-state index in [1.807, 2.05) is 30.3 Å². The van der Waals surface area contributed by atoms with Crippen molar-refractivity contribution in [1.82, 2.24) is 0 Å². The van der Waals surface area contributed by atoms with Gasteiger partial charge in [0.25, 0.3) is 0 Å². The largest absolute Gasteiger partial charge is 0.461 e. The molecule has 0 heterocycles. The zero-order valence-corrected chi connectivity index (χ0v) is 11.1. The summed E-state index contributed by atoms with van der Waals surface area (Å²) in [6, 6.07) is 9.67. The number of hydrogen-bond donors (Lipinski definition) is 0. The van der Waals surface area contributed by atoms with Gasteiger partial charge in [-0.05, 0) is 24.8 Å². The van der Waals surface area contributed by atoms with Crippen LogP contribution in [0.15, 0.2) is 30.3 Å². The standard InChI is InChI=1S/C16H20O3/c17-15-9-5-4-8-14(10-11-15)16(18)19-12-13-6-2-1-3-7-13/h1-3,6-7,14H,4-5,8-12H2. The van der Waals surface area contributed by atoms with E-state index in [0.29, 0.717) is 25.9 Å². The van der Waals surface area contributed by atoms with Gasteiger partial charge >= 0.3 is 5.97 Å². The molecule has 2 rings (SSSR count). The maximum atomic E-state index is 12.0. The van der Waals surface area contributed by atoms with Crippen LogP contribution in [0, 0.1) is 5.92 Å². The van der Waals surface area contributed by atoms with Crippen LogP contribution in [0.4, 0.5) is 0 Å². The molecule has 0 saturated heterocycles. The van der Waals surface area contributed by atoms with Crippen molar-refractivity contribution in [3.63, 3.8) is 0 Å². The molecular formula is C16H20O3. The first-order valence-corrected chi connectivity index (χ1v) is 6.98. The first-order valence-electron chi connectivity index (χ1n) is 6.98. The Hall–Kier alpha value is -1.64. The van der Waals surface area contributed by atoms with Crippen LogP contribution in [0.1, 0.15) is 44.1 Å². The fourth-order valence-electron chi connectivity index (χ4n) is 2.40. The predicted octanol–water partition coefficient (Wildman–Crippen LogP) is 3.27. The fourth-order valence-corrected chi connectivity index (χ4v) is 2.40. The molecule has 0 aromatic heterocycles. The third-order valence-electron chi connectivity index (χ3n) is 3.59. The second-order valence-corrected chi connectivity index (χ2v) is 5.11. The van der Waals surface area contributed by atoms with Crippen molar-refractivity contribution in [2.24, 2.45) is 5.92 Å². The molecule has 102 valence electrons. The summed E-state index contributed by atoms with van der Waals surface area (Å²) in [4.78, 5) is 23.4. The summed E-state index contributed by atoms with van der Waals surface area (Å²) >= 11 is 0. The van der Waals surface area contributed by atoms with E-state index in [0.717, 1.165) is 24.8 Å². The Labute approximate surface area is 114 Å². The second kappa shape index (κ2) is 7.07. The number of hydrogen-bond acceptors (Lipinski definition) is 3. The van der Waals surface area contributed by atoms with E-state index >= 15 is 0 Å². The van der Waals surface area contributed by atoms with E-state index < -0.39 is 0 Å². The highest BCUT2D eigenvalue weighted by Crippen LogP contribution is 2.22. The zero-order valence-electron chi connectivity index (χ0n) is 11.1. The molecule has 1 unspecified atom stereocenters. The van der Waals surface area contributed by atoms with Gasteiger partial charge in [-0.3, -0.25) is 9.59 Å². The van der Waals surface area contributed by atoms with Gasteiger partial charge in [0.2, 0.25) is 0 Å². The molecule has 1 aliphatic rings. The molecule has 0 N–H and O–H groups in total. The Morgan fingerprint density at radius 1 is 1.11 bits per heavy atom. The van der Waals surface area contributed by atoms with E-state index in [9.17, 15) is 9.59 Å². The van der Waals surface area contributed by atoms with Gasteiger partial charge in [0.15, 0.2) is 0 Å². The highest BCUT2D eigenvalue weighted by molar-refractivity contribution is 5.80. The number of carbonyl (C=O) groups is 2. The molecule has 0 spiro atoms. The molecule has 1 aromatic rings. The lowest BCUT2D eigenvalue weighted by Crippen LogP contribution is -2.20. The van der Waals surface area contributed by atoms with E-state index in [1.165, 1.54) is 0 Å². The zero-order chi connectivity index (χ0) is 13.5. The van der Waals surface area contributed by atoms with Gasteiger partial charge in [0.05, 0.1) is 5.92 Å². The summed E-state index contributed by atoms with van der Waals surface area (Å²) < 4.78 is 5.35. The topological polar surface area (TPSA) is 43.4 Å². The SMILES string of the molecule is O=C1CCCCC(C(=O)OCc2ccccc2)CC1. The van der Waals surface area contributed by atoms with Crippen molar-refractivity contribution in [2.75, 3.05) is 0 Å². The molecule has 0 bridgehead atoms. The van der Waals surface area contributed by atoms with Crippen molar-refractivity contribution in [3.05, 3.63) is 35.9 Å². The molecular weight excluding hydrogens is 240 g/mol. The van der Waals surface area contributed by atoms with Crippen LogP contribution >= 0.6 is 0 Å². The van der Waals surface area contributed by atoms with Crippen molar-refractivity contribution >= 4 is 11.8 Å². The van der Waals surface area contributed by atoms with Crippen LogP contribution in [0.2, 0.25) is 0 Å². The highest BCUT2D eigenvalue weighted by Gasteiger charge is 2.22. The maximum absolute atomic E-state index is 12.0. The van der Waals surface area contributed by atoms with Crippen molar-refractivity contribution < 1.29 is 14.3 Å². The number of rotatable bonds is 3. The molecule has 1 aromatic carbocycles. The van der Waals surface area contributed by atoms with Gasteiger partial charge < -0.3 is 4.74 Å². The Balaban J connectivity index is 1.83. The molecule has 3 heteroatoms. The molecule has 1 fully saturated rings. The van der Waals surface area contributed by atoms with E-state index in [4.69, 9.17) is 4.74 Å². The molecule has 1 atom stereocenters. The minimum absolute atomic E-state index is 0.104. The average Bonchev–Trinajstić information content (AvgIpc) is 2.42. The Kier molecular flexibility index (Phi) is 5.13. The van der Waals surface area contributed by atoms with Gasteiger partial charge in [0, 0.05) is 12.8 Å². The van der Waals surface area contributed by atoms with Crippen LogP contribution in [-0.4, -0.2) is 11.8 Å². The van der Waals surface area contributed by atoms with Crippen molar-refractivity contribution in [1.29, 1.82) is 0 Å². The average molecular weight is 260 g/mol. The fraction of sp³-hybridized carbons (Fsp3) is 0.500. The van der Waals surface area contributed by atoms with Gasteiger partial charge in [-0.2, -0.15) is 0 Å². The Morgan fingerprint density at radius 2 is 1.89 bits per heavy atom. The monoisotopic (exact) mass is 260 g/mol. The Morgan fingerprint density at radius 3 is 2.68 bits per heavy atom. The lowest BCUT2D eigenvalue weighted by Gasteiger charge is -2.17. The van der Waals surface area contributed by atoms with Crippen LogP contribution in [0.5, 0.6) is 0 Å².